The lowest BCUT2D eigenvalue weighted by atomic mass is 10.1. The molecule has 0 aliphatic rings. The van der Waals surface area contributed by atoms with Crippen molar-refractivity contribution in [3.8, 4) is 0 Å². The normalized spacial score (nSPS) is 12.3. The molecule has 0 fully saturated rings. The number of para-hydroxylation sites is 1. The fourth-order valence-corrected chi connectivity index (χ4v) is 3.95. The number of hydrogen-bond acceptors (Lipinski definition) is 5. The van der Waals surface area contributed by atoms with E-state index in [1.807, 2.05) is 24.3 Å². The molecule has 3 aromatic rings. The second kappa shape index (κ2) is 6.93. The zero-order chi connectivity index (χ0) is 19.8. The Bertz CT molecular complexity index is 1090. The van der Waals surface area contributed by atoms with Crippen LogP contribution in [0.5, 0.6) is 0 Å². The first-order chi connectivity index (χ1) is 12.5. The smallest absolute Gasteiger partial charge is 0.346 e. The largest absolute Gasteiger partial charge is 0.416 e. The lowest BCUT2D eigenvalue weighted by molar-refractivity contribution is -0.137. The summed E-state index contributed by atoms with van der Waals surface area (Å²) >= 11 is 1.35. The van der Waals surface area contributed by atoms with Gasteiger partial charge < -0.3 is 5.32 Å². The molecule has 0 unspecified atom stereocenters. The lowest BCUT2D eigenvalue weighted by Gasteiger charge is -2.11. The maximum atomic E-state index is 13.0. The summed E-state index contributed by atoms with van der Waals surface area (Å²) in [5, 5.41) is 3.06. The van der Waals surface area contributed by atoms with E-state index < -0.39 is 32.4 Å². The number of halogens is 3. The van der Waals surface area contributed by atoms with Gasteiger partial charge in [0.05, 0.1) is 27.2 Å². The average molecular weight is 414 g/mol. The number of rotatable bonds is 4. The number of nitrogens with zero attached hydrogens (tertiary/aromatic N) is 1. The van der Waals surface area contributed by atoms with Crippen molar-refractivity contribution in [2.45, 2.75) is 17.6 Å². The zero-order valence-corrected chi connectivity index (χ0v) is 15.5. The van der Waals surface area contributed by atoms with Crippen LogP contribution in [0.1, 0.15) is 20.9 Å². The SMILES string of the molecule is CS(=O)(=O)c1cc(C(=O)NCc2nc3ccccc3s2)cc(C(F)(F)F)c1. The molecule has 0 aliphatic carbocycles. The molecule has 0 aliphatic heterocycles. The number of aromatic nitrogens is 1. The van der Waals surface area contributed by atoms with Gasteiger partial charge in [0, 0.05) is 11.8 Å². The van der Waals surface area contributed by atoms with E-state index in [1.165, 1.54) is 11.3 Å². The monoisotopic (exact) mass is 414 g/mol. The molecule has 0 atom stereocenters. The Balaban J connectivity index is 1.87. The molecule has 5 nitrogen and oxygen atoms in total. The number of benzene rings is 2. The topological polar surface area (TPSA) is 76.1 Å². The Kier molecular flexibility index (Phi) is 4.96. The minimum Gasteiger partial charge on any atom is -0.346 e. The molecule has 1 N–H and O–H groups in total. The molecule has 1 aromatic heterocycles. The van der Waals surface area contributed by atoms with Gasteiger partial charge in [0.15, 0.2) is 9.84 Å². The third-order valence-electron chi connectivity index (χ3n) is 3.66. The number of carbonyl (C=O) groups is 1. The van der Waals surface area contributed by atoms with Crippen molar-refractivity contribution in [1.82, 2.24) is 10.3 Å². The number of carbonyl (C=O) groups excluding carboxylic acids is 1. The Hall–Kier alpha value is -2.46. The number of nitrogens with one attached hydrogen (secondary N) is 1. The number of fused-ring (bicyclic) bond motifs is 1. The molecular weight excluding hydrogens is 401 g/mol. The highest BCUT2D eigenvalue weighted by Crippen LogP contribution is 2.32. The van der Waals surface area contributed by atoms with E-state index in [4.69, 9.17) is 0 Å². The number of alkyl halides is 3. The Morgan fingerprint density at radius 1 is 1.19 bits per heavy atom. The van der Waals surface area contributed by atoms with Gasteiger partial charge >= 0.3 is 6.18 Å². The van der Waals surface area contributed by atoms with Gasteiger partial charge in [-0.2, -0.15) is 13.2 Å². The first-order valence-corrected chi connectivity index (χ1v) is 10.3. The van der Waals surface area contributed by atoms with Gasteiger partial charge in [0.2, 0.25) is 0 Å². The van der Waals surface area contributed by atoms with Crippen LogP contribution in [0.2, 0.25) is 0 Å². The first kappa shape index (κ1) is 19.3. The molecule has 0 saturated carbocycles. The fraction of sp³-hybridized carbons (Fsp3) is 0.176. The number of sulfone groups is 1. The third kappa shape index (κ3) is 4.45. The highest BCUT2D eigenvalue weighted by atomic mass is 32.2. The first-order valence-electron chi connectivity index (χ1n) is 7.59. The molecule has 10 heteroatoms. The van der Waals surface area contributed by atoms with Gasteiger partial charge in [0.1, 0.15) is 5.01 Å². The van der Waals surface area contributed by atoms with Crippen LogP contribution < -0.4 is 5.32 Å². The van der Waals surface area contributed by atoms with Gasteiger partial charge in [-0.1, -0.05) is 12.1 Å². The third-order valence-corrected chi connectivity index (χ3v) is 5.79. The van der Waals surface area contributed by atoms with E-state index in [0.29, 0.717) is 17.1 Å². The van der Waals surface area contributed by atoms with Gasteiger partial charge in [0.25, 0.3) is 5.91 Å². The molecule has 1 heterocycles. The highest BCUT2D eigenvalue weighted by molar-refractivity contribution is 7.90. The number of hydrogen-bond donors (Lipinski definition) is 1. The van der Waals surface area contributed by atoms with Crippen LogP contribution in [0.3, 0.4) is 0 Å². The zero-order valence-electron chi connectivity index (χ0n) is 13.9. The predicted octanol–water partition coefficient (Wildman–Crippen LogP) is 3.65. The Labute approximate surface area is 156 Å². The summed E-state index contributed by atoms with van der Waals surface area (Å²) in [5.74, 6) is -0.815. The van der Waals surface area contributed by atoms with Gasteiger partial charge in [-0.15, -0.1) is 11.3 Å². The van der Waals surface area contributed by atoms with Crippen LogP contribution in [0.15, 0.2) is 47.4 Å². The summed E-state index contributed by atoms with van der Waals surface area (Å²) in [4.78, 5) is 16.0. The minimum atomic E-state index is -4.78. The predicted molar refractivity (Wildman–Crippen MR) is 95.3 cm³/mol. The molecular formula is C17H13F3N2O3S2. The quantitative estimate of drug-likeness (QED) is 0.707. The van der Waals surface area contributed by atoms with Gasteiger partial charge in [-0.05, 0) is 30.3 Å². The highest BCUT2D eigenvalue weighted by Gasteiger charge is 2.32. The van der Waals surface area contributed by atoms with Crippen LogP contribution in [0, 0.1) is 0 Å². The minimum absolute atomic E-state index is 0.0165. The van der Waals surface area contributed by atoms with Crippen molar-refractivity contribution in [3.05, 3.63) is 58.6 Å². The maximum Gasteiger partial charge on any atom is 0.416 e. The molecule has 0 bridgehead atoms. The van der Waals surface area contributed by atoms with E-state index in [2.05, 4.69) is 10.3 Å². The summed E-state index contributed by atoms with van der Waals surface area (Å²) in [6.07, 6.45) is -3.99. The standard InChI is InChI=1S/C17H13F3N2O3S2/c1-27(24,25)12-7-10(6-11(8-12)17(18,19)20)16(23)21-9-15-22-13-4-2-3-5-14(13)26-15/h2-8H,9H2,1H3,(H,21,23). The molecule has 0 spiro atoms. The van der Waals surface area contributed by atoms with Crippen LogP contribution in [-0.2, 0) is 22.6 Å². The molecule has 2 aromatic carbocycles. The summed E-state index contributed by atoms with van der Waals surface area (Å²) in [6, 6.07) is 9.41. The van der Waals surface area contributed by atoms with Crippen LogP contribution in [0.25, 0.3) is 10.2 Å². The van der Waals surface area contributed by atoms with Crippen molar-refractivity contribution < 1.29 is 26.4 Å². The summed E-state index contributed by atoms with van der Waals surface area (Å²) in [7, 11) is -3.92. The van der Waals surface area contributed by atoms with Crippen LogP contribution in [0.4, 0.5) is 13.2 Å². The van der Waals surface area contributed by atoms with Crippen molar-refractivity contribution in [1.29, 1.82) is 0 Å². The second-order valence-electron chi connectivity index (χ2n) is 5.77. The van der Waals surface area contributed by atoms with Crippen molar-refractivity contribution in [2.75, 3.05) is 6.26 Å². The molecule has 142 valence electrons. The van der Waals surface area contributed by atoms with Crippen molar-refractivity contribution in [2.24, 2.45) is 0 Å². The lowest BCUT2D eigenvalue weighted by Crippen LogP contribution is -2.23. The van der Waals surface area contributed by atoms with Gasteiger partial charge in [-0.3, -0.25) is 4.79 Å². The van der Waals surface area contributed by atoms with Crippen LogP contribution >= 0.6 is 11.3 Å². The fourth-order valence-electron chi connectivity index (χ4n) is 2.36. The Morgan fingerprint density at radius 2 is 1.89 bits per heavy atom. The van der Waals surface area contributed by atoms with E-state index >= 15 is 0 Å². The number of thiazole rings is 1. The van der Waals surface area contributed by atoms with Crippen LogP contribution in [-0.4, -0.2) is 25.6 Å². The van der Waals surface area contributed by atoms with E-state index in [0.717, 1.165) is 22.5 Å². The summed E-state index contributed by atoms with van der Waals surface area (Å²) in [5.41, 5.74) is -0.827. The molecule has 3 rings (SSSR count). The Morgan fingerprint density at radius 3 is 2.52 bits per heavy atom. The number of amides is 1. The van der Waals surface area contributed by atoms with Crippen molar-refractivity contribution in [3.63, 3.8) is 0 Å². The second-order valence-corrected chi connectivity index (χ2v) is 8.90. The van der Waals surface area contributed by atoms with E-state index in [1.54, 1.807) is 0 Å². The summed E-state index contributed by atoms with van der Waals surface area (Å²) < 4.78 is 63.3. The summed E-state index contributed by atoms with van der Waals surface area (Å²) in [6.45, 7) is 0.0165. The van der Waals surface area contributed by atoms with E-state index in [9.17, 15) is 26.4 Å². The van der Waals surface area contributed by atoms with Crippen molar-refractivity contribution >= 4 is 37.3 Å². The van der Waals surface area contributed by atoms with Gasteiger partial charge in [-0.25, -0.2) is 13.4 Å². The molecule has 27 heavy (non-hydrogen) atoms. The molecule has 1 amide bonds. The average Bonchev–Trinajstić information content (AvgIpc) is 3.00. The van der Waals surface area contributed by atoms with E-state index in [-0.39, 0.29) is 12.1 Å². The molecule has 0 saturated heterocycles. The maximum absolute atomic E-state index is 13.0. The molecule has 0 radical (unpaired) electrons.